The number of rotatable bonds is 3. The third-order valence-corrected chi connectivity index (χ3v) is 2.06. The summed E-state index contributed by atoms with van der Waals surface area (Å²) in [4.78, 5) is 1.98. The minimum absolute atomic E-state index is 0.0191. The van der Waals surface area contributed by atoms with Gasteiger partial charge in [-0.2, -0.15) is 5.10 Å². The van der Waals surface area contributed by atoms with Gasteiger partial charge < -0.3 is 10.6 Å². The molecule has 1 aromatic rings. The lowest BCUT2D eigenvalue weighted by Gasteiger charge is -2.28. The van der Waals surface area contributed by atoms with Gasteiger partial charge in [0.25, 0.3) is 0 Å². The molecule has 5 nitrogen and oxygen atoms in total. The van der Waals surface area contributed by atoms with Gasteiger partial charge in [0.1, 0.15) is 5.84 Å². The van der Waals surface area contributed by atoms with Crippen molar-refractivity contribution in [3.05, 3.63) is 17.8 Å². The summed E-state index contributed by atoms with van der Waals surface area (Å²) >= 11 is 0. The predicted molar refractivity (Wildman–Crippen MR) is 65.8 cm³/mol. The van der Waals surface area contributed by atoms with Crippen molar-refractivity contribution in [3.63, 3.8) is 0 Å². The predicted octanol–water partition coefficient (Wildman–Crippen LogP) is 1.24. The Morgan fingerprint density at radius 1 is 1.50 bits per heavy atom. The highest BCUT2D eigenvalue weighted by atomic mass is 15.2. The molecule has 5 heteroatoms. The summed E-state index contributed by atoms with van der Waals surface area (Å²) < 4.78 is 0. The first-order valence-corrected chi connectivity index (χ1v) is 5.18. The van der Waals surface area contributed by atoms with Crippen molar-refractivity contribution in [1.29, 1.82) is 5.41 Å². The number of anilines is 1. The van der Waals surface area contributed by atoms with Crippen LogP contribution >= 0.6 is 0 Å². The molecule has 0 spiro atoms. The first kappa shape index (κ1) is 12.4. The monoisotopic (exact) mass is 221 g/mol. The minimum Gasteiger partial charge on any atom is -0.384 e. The number of hydrogen-bond acceptors (Lipinski definition) is 4. The van der Waals surface area contributed by atoms with Crippen molar-refractivity contribution in [2.24, 2.45) is 11.1 Å². The molecule has 0 aliphatic heterocycles. The maximum Gasteiger partial charge on any atom is 0.162 e. The van der Waals surface area contributed by atoms with E-state index in [1.165, 1.54) is 0 Å². The maximum absolute atomic E-state index is 7.48. The zero-order valence-corrected chi connectivity index (χ0v) is 10.3. The van der Waals surface area contributed by atoms with Crippen molar-refractivity contribution in [1.82, 2.24) is 10.2 Å². The summed E-state index contributed by atoms with van der Waals surface area (Å²) in [5.41, 5.74) is 6.28. The number of amidine groups is 1. The number of nitrogens with two attached hydrogens (primary N) is 1. The van der Waals surface area contributed by atoms with Gasteiger partial charge in [0.2, 0.25) is 0 Å². The van der Waals surface area contributed by atoms with Crippen LogP contribution in [0.15, 0.2) is 12.3 Å². The molecule has 0 saturated heterocycles. The SMILES string of the molecule is CN(CC(C)(C)C)c1nnccc1C(=N)N. The fourth-order valence-corrected chi connectivity index (χ4v) is 1.60. The van der Waals surface area contributed by atoms with Crippen molar-refractivity contribution in [2.75, 3.05) is 18.5 Å². The third-order valence-electron chi connectivity index (χ3n) is 2.06. The lowest BCUT2D eigenvalue weighted by atomic mass is 9.96. The van der Waals surface area contributed by atoms with Crippen molar-refractivity contribution >= 4 is 11.7 Å². The Kier molecular flexibility index (Phi) is 3.47. The smallest absolute Gasteiger partial charge is 0.162 e. The number of nitrogen functional groups attached to an aromatic ring is 1. The molecule has 0 fully saturated rings. The van der Waals surface area contributed by atoms with Crippen LogP contribution in [0.2, 0.25) is 0 Å². The second-order valence-corrected chi connectivity index (χ2v) is 5.10. The summed E-state index contributed by atoms with van der Waals surface area (Å²) in [6.45, 7) is 7.26. The van der Waals surface area contributed by atoms with E-state index in [9.17, 15) is 0 Å². The van der Waals surface area contributed by atoms with Gasteiger partial charge >= 0.3 is 0 Å². The number of hydrogen-bond donors (Lipinski definition) is 2. The zero-order valence-electron chi connectivity index (χ0n) is 10.3. The highest BCUT2D eigenvalue weighted by Crippen LogP contribution is 2.20. The first-order chi connectivity index (χ1) is 7.31. The molecule has 0 saturated carbocycles. The third kappa shape index (κ3) is 3.18. The lowest BCUT2D eigenvalue weighted by Crippen LogP contribution is -2.32. The topological polar surface area (TPSA) is 78.9 Å². The molecule has 0 aliphatic carbocycles. The molecule has 88 valence electrons. The van der Waals surface area contributed by atoms with Crippen molar-refractivity contribution in [3.8, 4) is 0 Å². The van der Waals surface area contributed by atoms with Crippen LogP contribution in [0, 0.1) is 10.8 Å². The van der Waals surface area contributed by atoms with E-state index < -0.39 is 0 Å². The Bertz CT molecular complexity index is 380. The van der Waals surface area contributed by atoms with Gasteiger partial charge in [-0.3, -0.25) is 5.41 Å². The molecule has 0 bridgehead atoms. The second kappa shape index (κ2) is 4.47. The van der Waals surface area contributed by atoms with Crippen LogP contribution in [0.5, 0.6) is 0 Å². The molecule has 0 atom stereocenters. The Balaban J connectivity index is 2.99. The summed E-state index contributed by atoms with van der Waals surface area (Å²) in [7, 11) is 1.93. The maximum atomic E-state index is 7.48. The van der Waals surface area contributed by atoms with Gasteiger partial charge in [-0.15, -0.1) is 5.10 Å². The van der Waals surface area contributed by atoms with E-state index in [1.54, 1.807) is 12.3 Å². The number of aromatic nitrogens is 2. The molecule has 0 aromatic carbocycles. The van der Waals surface area contributed by atoms with E-state index in [-0.39, 0.29) is 11.3 Å². The first-order valence-electron chi connectivity index (χ1n) is 5.18. The van der Waals surface area contributed by atoms with Crippen LogP contribution in [0.4, 0.5) is 5.82 Å². The summed E-state index contributed by atoms with van der Waals surface area (Å²) in [6, 6.07) is 1.71. The summed E-state index contributed by atoms with van der Waals surface area (Å²) in [5.74, 6) is 0.676. The molecular weight excluding hydrogens is 202 g/mol. The van der Waals surface area contributed by atoms with Crippen LogP contribution in [0.1, 0.15) is 26.3 Å². The molecule has 16 heavy (non-hydrogen) atoms. The molecule has 1 rings (SSSR count). The van der Waals surface area contributed by atoms with E-state index in [4.69, 9.17) is 11.1 Å². The number of nitrogens with zero attached hydrogens (tertiary/aromatic N) is 3. The fourth-order valence-electron chi connectivity index (χ4n) is 1.60. The molecule has 0 amide bonds. The molecule has 0 radical (unpaired) electrons. The van der Waals surface area contributed by atoms with Crippen LogP contribution in [0.25, 0.3) is 0 Å². The molecule has 1 heterocycles. The Labute approximate surface area is 96.2 Å². The highest BCUT2D eigenvalue weighted by molar-refractivity contribution is 5.99. The van der Waals surface area contributed by atoms with Gasteiger partial charge in [0, 0.05) is 13.6 Å². The van der Waals surface area contributed by atoms with Gasteiger partial charge in [-0.05, 0) is 11.5 Å². The Morgan fingerprint density at radius 2 is 2.12 bits per heavy atom. The van der Waals surface area contributed by atoms with Gasteiger partial charge in [-0.1, -0.05) is 20.8 Å². The van der Waals surface area contributed by atoms with Gasteiger partial charge in [0.05, 0.1) is 11.8 Å². The molecular formula is C11H19N5. The molecule has 3 N–H and O–H groups in total. The minimum atomic E-state index is 0.0191. The van der Waals surface area contributed by atoms with Gasteiger partial charge in [-0.25, -0.2) is 0 Å². The van der Waals surface area contributed by atoms with Crippen LogP contribution in [-0.2, 0) is 0 Å². The standard InChI is InChI=1S/C11H19N5/c1-11(2,3)7-16(4)10-8(9(12)13)5-6-14-15-10/h5-6H,7H2,1-4H3,(H3,12,13). The molecule has 1 aromatic heterocycles. The number of nitrogens with one attached hydrogen (secondary N) is 1. The Morgan fingerprint density at radius 3 is 2.62 bits per heavy atom. The van der Waals surface area contributed by atoms with E-state index in [2.05, 4.69) is 31.0 Å². The molecule has 0 unspecified atom stereocenters. The van der Waals surface area contributed by atoms with Crippen LogP contribution in [0.3, 0.4) is 0 Å². The second-order valence-electron chi connectivity index (χ2n) is 5.10. The fraction of sp³-hybridized carbons (Fsp3) is 0.545. The van der Waals surface area contributed by atoms with E-state index in [0.29, 0.717) is 11.4 Å². The largest absolute Gasteiger partial charge is 0.384 e. The normalized spacial score (nSPS) is 11.2. The van der Waals surface area contributed by atoms with E-state index >= 15 is 0 Å². The average molecular weight is 221 g/mol. The quantitative estimate of drug-likeness (QED) is 0.594. The van der Waals surface area contributed by atoms with E-state index in [1.807, 2.05) is 11.9 Å². The Hall–Kier alpha value is -1.65. The zero-order chi connectivity index (χ0) is 12.3. The summed E-state index contributed by atoms with van der Waals surface area (Å²) in [5, 5.41) is 15.4. The van der Waals surface area contributed by atoms with Gasteiger partial charge in [0.15, 0.2) is 5.82 Å². The van der Waals surface area contributed by atoms with Crippen molar-refractivity contribution in [2.45, 2.75) is 20.8 Å². The average Bonchev–Trinajstić information content (AvgIpc) is 2.15. The van der Waals surface area contributed by atoms with Crippen LogP contribution in [-0.4, -0.2) is 29.6 Å². The van der Waals surface area contributed by atoms with Crippen molar-refractivity contribution < 1.29 is 0 Å². The molecule has 0 aliphatic rings. The highest BCUT2D eigenvalue weighted by Gasteiger charge is 2.18. The summed E-state index contributed by atoms with van der Waals surface area (Å²) in [6.07, 6.45) is 1.55. The van der Waals surface area contributed by atoms with E-state index in [0.717, 1.165) is 6.54 Å². The van der Waals surface area contributed by atoms with Crippen LogP contribution < -0.4 is 10.6 Å². The lowest BCUT2D eigenvalue weighted by molar-refractivity contribution is 0.417.